The fourth-order valence-electron chi connectivity index (χ4n) is 2.26. The van der Waals surface area contributed by atoms with Gasteiger partial charge >= 0.3 is 0 Å². The summed E-state index contributed by atoms with van der Waals surface area (Å²) in [6.07, 6.45) is 0.376. The van der Waals surface area contributed by atoms with E-state index in [9.17, 15) is 4.79 Å². The molecule has 2 N–H and O–H groups in total. The summed E-state index contributed by atoms with van der Waals surface area (Å²) >= 11 is 0. The summed E-state index contributed by atoms with van der Waals surface area (Å²) in [5.41, 5.74) is 6.75. The van der Waals surface area contributed by atoms with E-state index in [-0.39, 0.29) is 11.9 Å². The van der Waals surface area contributed by atoms with Crippen LogP contribution in [0.3, 0.4) is 0 Å². The van der Waals surface area contributed by atoms with Crippen molar-refractivity contribution in [2.45, 2.75) is 25.5 Å². The lowest BCUT2D eigenvalue weighted by molar-refractivity contribution is -0.142. The van der Waals surface area contributed by atoms with Gasteiger partial charge in [0.2, 0.25) is 0 Å². The molecular formula is C14H20N2O2. The molecule has 18 heavy (non-hydrogen) atoms. The van der Waals surface area contributed by atoms with Crippen molar-refractivity contribution in [3.8, 4) is 0 Å². The first-order valence-corrected chi connectivity index (χ1v) is 6.43. The Labute approximate surface area is 108 Å². The Morgan fingerprint density at radius 1 is 1.50 bits per heavy atom. The van der Waals surface area contributed by atoms with Crippen molar-refractivity contribution in [2.75, 3.05) is 19.7 Å². The molecule has 0 spiro atoms. The van der Waals surface area contributed by atoms with Crippen molar-refractivity contribution in [1.82, 2.24) is 4.90 Å². The SMILES string of the molecule is CCO[C@@H](C(=O)N1CC[C@@H](N)C1)c1ccccc1. The molecule has 2 atom stereocenters. The van der Waals surface area contributed by atoms with Crippen LogP contribution in [0.25, 0.3) is 0 Å². The first-order valence-electron chi connectivity index (χ1n) is 6.43. The molecule has 98 valence electrons. The Morgan fingerprint density at radius 2 is 2.22 bits per heavy atom. The third kappa shape index (κ3) is 2.89. The van der Waals surface area contributed by atoms with E-state index >= 15 is 0 Å². The van der Waals surface area contributed by atoms with E-state index in [1.807, 2.05) is 37.3 Å². The molecular weight excluding hydrogens is 228 g/mol. The van der Waals surface area contributed by atoms with Crippen LogP contribution in [0.4, 0.5) is 0 Å². The van der Waals surface area contributed by atoms with Crippen molar-refractivity contribution in [1.29, 1.82) is 0 Å². The van der Waals surface area contributed by atoms with Crippen LogP contribution in [0.2, 0.25) is 0 Å². The van der Waals surface area contributed by atoms with E-state index in [1.165, 1.54) is 0 Å². The molecule has 1 fully saturated rings. The van der Waals surface area contributed by atoms with E-state index in [0.29, 0.717) is 13.2 Å². The van der Waals surface area contributed by atoms with E-state index < -0.39 is 6.10 Å². The third-order valence-electron chi connectivity index (χ3n) is 3.20. The fourth-order valence-corrected chi connectivity index (χ4v) is 2.26. The number of nitrogens with zero attached hydrogens (tertiary/aromatic N) is 1. The van der Waals surface area contributed by atoms with Crippen LogP contribution < -0.4 is 5.73 Å². The summed E-state index contributed by atoms with van der Waals surface area (Å²) in [4.78, 5) is 14.2. The molecule has 2 rings (SSSR count). The summed E-state index contributed by atoms with van der Waals surface area (Å²) < 4.78 is 5.61. The van der Waals surface area contributed by atoms with Gasteiger partial charge in [-0.2, -0.15) is 0 Å². The van der Waals surface area contributed by atoms with Crippen LogP contribution in [0, 0.1) is 0 Å². The third-order valence-corrected chi connectivity index (χ3v) is 3.20. The molecule has 0 saturated carbocycles. The molecule has 4 nitrogen and oxygen atoms in total. The van der Waals surface area contributed by atoms with Gasteiger partial charge in [0, 0.05) is 25.7 Å². The first-order chi connectivity index (χ1) is 8.72. The molecule has 0 radical (unpaired) electrons. The van der Waals surface area contributed by atoms with E-state index in [2.05, 4.69) is 0 Å². The van der Waals surface area contributed by atoms with Crippen LogP contribution in [0.1, 0.15) is 25.0 Å². The van der Waals surface area contributed by atoms with Gasteiger partial charge in [0.1, 0.15) is 0 Å². The molecule has 1 aromatic rings. The quantitative estimate of drug-likeness (QED) is 0.874. The Bertz CT molecular complexity index is 394. The van der Waals surface area contributed by atoms with Crippen LogP contribution >= 0.6 is 0 Å². The van der Waals surface area contributed by atoms with Gasteiger partial charge < -0.3 is 15.4 Å². The molecule has 1 aliphatic rings. The number of hydrogen-bond donors (Lipinski definition) is 1. The average molecular weight is 248 g/mol. The van der Waals surface area contributed by atoms with Crippen LogP contribution in [-0.2, 0) is 9.53 Å². The highest BCUT2D eigenvalue weighted by Gasteiger charge is 2.30. The number of carbonyl (C=O) groups excluding carboxylic acids is 1. The monoisotopic (exact) mass is 248 g/mol. The normalized spacial score (nSPS) is 21.0. The van der Waals surface area contributed by atoms with Gasteiger partial charge in [0.05, 0.1) is 0 Å². The maximum atomic E-state index is 12.4. The van der Waals surface area contributed by atoms with Gasteiger partial charge in [-0.25, -0.2) is 0 Å². The molecule has 0 bridgehead atoms. The van der Waals surface area contributed by atoms with Crippen molar-refractivity contribution in [3.05, 3.63) is 35.9 Å². The van der Waals surface area contributed by atoms with Crippen LogP contribution in [0.15, 0.2) is 30.3 Å². The van der Waals surface area contributed by atoms with E-state index in [1.54, 1.807) is 4.90 Å². The topological polar surface area (TPSA) is 55.6 Å². The second-order valence-corrected chi connectivity index (χ2v) is 4.58. The zero-order valence-electron chi connectivity index (χ0n) is 10.7. The van der Waals surface area contributed by atoms with Crippen LogP contribution in [-0.4, -0.2) is 36.5 Å². The maximum absolute atomic E-state index is 12.4. The highest BCUT2D eigenvalue weighted by atomic mass is 16.5. The van der Waals surface area contributed by atoms with Crippen molar-refractivity contribution < 1.29 is 9.53 Å². The molecule has 0 unspecified atom stereocenters. The second kappa shape index (κ2) is 5.98. The number of amides is 1. The van der Waals surface area contributed by atoms with E-state index in [4.69, 9.17) is 10.5 Å². The Morgan fingerprint density at radius 3 is 2.78 bits per heavy atom. The van der Waals surface area contributed by atoms with Crippen LogP contribution in [0.5, 0.6) is 0 Å². The first kappa shape index (κ1) is 13.1. The van der Waals surface area contributed by atoms with Gasteiger partial charge in [0.25, 0.3) is 5.91 Å². The number of nitrogens with two attached hydrogens (primary N) is 1. The number of rotatable bonds is 4. The van der Waals surface area contributed by atoms with Gasteiger partial charge in [0.15, 0.2) is 6.10 Å². The van der Waals surface area contributed by atoms with E-state index in [0.717, 1.165) is 18.5 Å². The minimum Gasteiger partial charge on any atom is -0.364 e. The predicted octanol–water partition coefficient (Wildman–Crippen LogP) is 1.32. The smallest absolute Gasteiger partial charge is 0.256 e. The number of benzene rings is 1. The largest absolute Gasteiger partial charge is 0.364 e. The number of hydrogen-bond acceptors (Lipinski definition) is 3. The lowest BCUT2D eigenvalue weighted by Crippen LogP contribution is -2.36. The molecule has 1 aromatic carbocycles. The molecule has 4 heteroatoms. The fraction of sp³-hybridized carbons (Fsp3) is 0.500. The van der Waals surface area contributed by atoms with Gasteiger partial charge in [-0.05, 0) is 18.9 Å². The van der Waals surface area contributed by atoms with Crippen molar-refractivity contribution >= 4 is 5.91 Å². The minimum absolute atomic E-state index is 0.0241. The molecule has 1 heterocycles. The average Bonchev–Trinajstić information content (AvgIpc) is 2.83. The second-order valence-electron chi connectivity index (χ2n) is 4.58. The Kier molecular flexibility index (Phi) is 4.33. The molecule has 0 aromatic heterocycles. The lowest BCUT2D eigenvalue weighted by atomic mass is 10.1. The molecule has 1 amide bonds. The minimum atomic E-state index is -0.499. The highest BCUT2D eigenvalue weighted by Crippen LogP contribution is 2.22. The van der Waals surface area contributed by atoms with Gasteiger partial charge in [-0.1, -0.05) is 30.3 Å². The zero-order chi connectivity index (χ0) is 13.0. The molecule has 1 aliphatic heterocycles. The number of ether oxygens (including phenoxy) is 1. The lowest BCUT2D eigenvalue weighted by Gasteiger charge is -2.23. The summed E-state index contributed by atoms with van der Waals surface area (Å²) in [6.45, 7) is 3.79. The summed E-state index contributed by atoms with van der Waals surface area (Å²) in [5, 5.41) is 0. The summed E-state index contributed by atoms with van der Waals surface area (Å²) in [5.74, 6) is 0.0241. The zero-order valence-corrected chi connectivity index (χ0v) is 10.7. The Hall–Kier alpha value is -1.39. The number of carbonyl (C=O) groups is 1. The van der Waals surface area contributed by atoms with Crippen molar-refractivity contribution in [3.63, 3.8) is 0 Å². The standard InChI is InChI=1S/C14H20N2O2/c1-2-18-13(11-6-4-3-5-7-11)14(17)16-9-8-12(15)10-16/h3-7,12-13H,2,8-10,15H2,1H3/t12-,13-/m1/s1. The molecule has 0 aliphatic carbocycles. The van der Waals surface area contributed by atoms with Gasteiger partial charge in [-0.3, -0.25) is 4.79 Å². The summed E-state index contributed by atoms with van der Waals surface area (Å²) in [6, 6.07) is 9.73. The number of likely N-dealkylation sites (tertiary alicyclic amines) is 1. The Balaban J connectivity index is 2.12. The van der Waals surface area contributed by atoms with Crippen molar-refractivity contribution in [2.24, 2.45) is 5.73 Å². The highest BCUT2D eigenvalue weighted by molar-refractivity contribution is 5.82. The summed E-state index contributed by atoms with van der Waals surface area (Å²) in [7, 11) is 0. The molecule has 1 saturated heterocycles. The predicted molar refractivity (Wildman–Crippen MR) is 70.0 cm³/mol. The van der Waals surface area contributed by atoms with Gasteiger partial charge in [-0.15, -0.1) is 0 Å². The maximum Gasteiger partial charge on any atom is 0.256 e.